The van der Waals surface area contributed by atoms with Gasteiger partial charge >= 0.3 is 5.97 Å². The van der Waals surface area contributed by atoms with E-state index < -0.39 is 10.0 Å². The average Bonchev–Trinajstić information content (AvgIpc) is 3.29. The topological polar surface area (TPSA) is 104 Å². The van der Waals surface area contributed by atoms with E-state index in [-0.39, 0.29) is 42.4 Å². The molecule has 4 aromatic rings. The van der Waals surface area contributed by atoms with E-state index in [0.717, 1.165) is 38.9 Å². The fourth-order valence-electron chi connectivity index (χ4n) is 5.49. The quantitative estimate of drug-likeness (QED) is 0.271. The second-order valence-electron chi connectivity index (χ2n) is 10.5. The van der Waals surface area contributed by atoms with Crippen molar-refractivity contribution in [3.05, 3.63) is 82.4 Å². The zero-order valence-corrected chi connectivity index (χ0v) is 24.9. The van der Waals surface area contributed by atoms with Crippen LogP contribution in [0.5, 0.6) is 5.75 Å². The van der Waals surface area contributed by atoms with Crippen LogP contribution in [0.3, 0.4) is 0 Å². The van der Waals surface area contributed by atoms with Crippen LogP contribution in [-0.4, -0.2) is 52.9 Å². The molecule has 0 fully saturated rings. The highest BCUT2D eigenvalue weighted by atomic mass is 32.2. The Labute approximate surface area is 241 Å². The van der Waals surface area contributed by atoms with E-state index in [4.69, 9.17) is 9.47 Å². The number of ether oxygens (including phenoxy) is 2. The molecule has 0 bridgehead atoms. The highest BCUT2D eigenvalue weighted by molar-refractivity contribution is 7.89. The number of hydrogen-bond donors (Lipinski definition) is 0. The van der Waals surface area contributed by atoms with Crippen molar-refractivity contribution in [1.82, 2.24) is 19.3 Å². The maximum absolute atomic E-state index is 13.8. The summed E-state index contributed by atoms with van der Waals surface area (Å²) in [5, 5.41) is 8.51. The number of esters is 1. The normalized spacial score (nSPS) is 17.4. The summed E-state index contributed by atoms with van der Waals surface area (Å²) < 4.78 is 42.3. The summed E-state index contributed by atoms with van der Waals surface area (Å²) in [4.78, 5) is 13.0. The largest absolute Gasteiger partial charge is 0.488 e. The molecule has 5 rings (SSSR count). The standard InChI is InChI=1S/C31H36N4O5S/c1-6-24-19-35(41(37,38)29-11-9-8-10-28(29)40-24)18-23-16-22(13-12-20(23)3)26(17-30(36)39-7-2)25-14-15-27-31(21(25)4)32-33-34(27)5/h8-16,24,26H,6-7,17-19H2,1-5H3/t24-,26?/m1/s1. The lowest BCUT2D eigenvalue weighted by molar-refractivity contribution is -0.143. The molecule has 9 nitrogen and oxygen atoms in total. The van der Waals surface area contributed by atoms with Gasteiger partial charge in [0.15, 0.2) is 0 Å². The predicted molar refractivity (Wildman–Crippen MR) is 156 cm³/mol. The van der Waals surface area contributed by atoms with Gasteiger partial charge in [0.25, 0.3) is 0 Å². The lowest BCUT2D eigenvalue weighted by Crippen LogP contribution is -2.36. The van der Waals surface area contributed by atoms with E-state index in [2.05, 4.69) is 10.3 Å². The first-order chi connectivity index (χ1) is 19.6. The summed E-state index contributed by atoms with van der Waals surface area (Å²) in [5.41, 5.74) is 6.33. The highest BCUT2D eigenvalue weighted by Crippen LogP contribution is 2.36. The first-order valence-electron chi connectivity index (χ1n) is 13.9. The number of sulfonamides is 1. The molecule has 0 saturated carbocycles. The molecule has 1 aromatic heterocycles. The van der Waals surface area contributed by atoms with Gasteiger partial charge in [-0.25, -0.2) is 13.1 Å². The lowest BCUT2D eigenvalue weighted by atomic mass is 9.84. The van der Waals surface area contributed by atoms with Crippen LogP contribution in [0, 0.1) is 13.8 Å². The van der Waals surface area contributed by atoms with Gasteiger partial charge in [0.1, 0.15) is 22.3 Å². The molecule has 0 aliphatic carbocycles. The highest BCUT2D eigenvalue weighted by Gasteiger charge is 2.34. The van der Waals surface area contributed by atoms with Gasteiger partial charge in [-0.1, -0.05) is 48.5 Å². The molecular formula is C31H36N4O5S. The molecule has 1 aliphatic rings. The number of fused-ring (bicyclic) bond motifs is 2. The maximum Gasteiger partial charge on any atom is 0.306 e. The molecule has 3 aromatic carbocycles. The van der Waals surface area contributed by atoms with Crippen LogP contribution >= 0.6 is 0 Å². The Hall–Kier alpha value is -3.76. The molecule has 0 N–H and O–H groups in total. The summed E-state index contributed by atoms with van der Waals surface area (Å²) in [7, 11) is -1.95. The first-order valence-corrected chi connectivity index (χ1v) is 15.4. The van der Waals surface area contributed by atoms with Crippen LogP contribution < -0.4 is 4.74 Å². The monoisotopic (exact) mass is 576 g/mol. The number of aromatic nitrogens is 3. The van der Waals surface area contributed by atoms with Crippen molar-refractivity contribution < 1.29 is 22.7 Å². The van der Waals surface area contributed by atoms with Gasteiger partial charge in [0.05, 0.1) is 25.1 Å². The van der Waals surface area contributed by atoms with Crippen molar-refractivity contribution in [1.29, 1.82) is 0 Å². The summed E-state index contributed by atoms with van der Waals surface area (Å²) in [5.74, 6) is -0.224. The van der Waals surface area contributed by atoms with E-state index in [1.54, 1.807) is 35.9 Å². The average molecular weight is 577 g/mol. The number of hydrogen-bond acceptors (Lipinski definition) is 7. The van der Waals surface area contributed by atoms with Crippen LogP contribution in [0.4, 0.5) is 0 Å². The van der Waals surface area contributed by atoms with Crippen LogP contribution in [0.1, 0.15) is 60.4 Å². The third-order valence-electron chi connectivity index (χ3n) is 7.88. The molecule has 2 atom stereocenters. The molecule has 10 heteroatoms. The summed E-state index contributed by atoms with van der Waals surface area (Å²) in [6, 6.07) is 16.8. The van der Waals surface area contributed by atoms with E-state index in [1.165, 1.54) is 4.31 Å². The Bertz CT molecular complexity index is 1700. The summed E-state index contributed by atoms with van der Waals surface area (Å²) in [6.45, 7) is 8.47. The third kappa shape index (κ3) is 5.58. The minimum absolute atomic E-state index is 0.143. The first kappa shape index (κ1) is 28.8. The van der Waals surface area contributed by atoms with Crippen LogP contribution in [0.25, 0.3) is 11.0 Å². The molecule has 2 heterocycles. The zero-order chi connectivity index (χ0) is 29.3. The maximum atomic E-state index is 13.8. The lowest BCUT2D eigenvalue weighted by Gasteiger charge is -2.25. The van der Waals surface area contributed by atoms with Gasteiger partial charge in [-0.05, 0) is 73.2 Å². The molecule has 0 spiro atoms. The van der Waals surface area contributed by atoms with Crippen LogP contribution in [-0.2, 0) is 33.1 Å². The molecule has 0 saturated heterocycles. The Morgan fingerprint density at radius 2 is 1.90 bits per heavy atom. The number of para-hydroxylation sites is 1. The van der Waals surface area contributed by atoms with Gasteiger partial charge in [-0.3, -0.25) is 4.79 Å². The Balaban J connectivity index is 1.56. The molecule has 1 unspecified atom stereocenters. The second kappa shape index (κ2) is 11.6. The zero-order valence-electron chi connectivity index (χ0n) is 24.1. The number of rotatable bonds is 8. The third-order valence-corrected chi connectivity index (χ3v) is 9.73. The van der Waals surface area contributed by atoms with Gasteiger partial charge in [-0.2, -0.15) is 4.31 Å². The minimum atomic E-state index is -3.80. The number of benzene rings is 3. The van der Waals surface area contributed by atoms with E-state index in [9.17, 15) is 13.2 Å². The van der Waals surface area contributed by atoms with Crippen molar-refractivity contribution in [3.8, 4) is 5.75 Å². The number of carbonyl (C=O) groups is 1. The fourth-order valence-corrected chi connectivity index (χ4v) is 7.06. The fraction of sp³-hybridized carbons (Fsp3) is 0.387. The second-order valence-corrected chi connectivity index (χ2v) is 12.4. The van der Waals surface area contributed by atoms with Crippen LogP contribution in [0.15, 0.2) is 59.5 Å². The number of aryl methyl sites for hydroxylation is 3. The minimum Gasteiger partial charge on any atom is -0.488 e. The Morgan fingerprint density at radius 1 is 1.12 bits per heavy atom. The molecule has 0 radical (unpaired) electrons. The molecule has 0 amide bonds. The van der Waals surface area contributed by atoms with Gasteiger partial charge in [0.2, 0.25) is 10.0 Å². The van der Waals surface area contributed by atoms with Crippen molar-refractivity contribution in [2.24, 2.45) is 7.05 Å². The van der Waals surface area contributed by atoms with Crippen molar-refractivity contribution in [3.63, 3.8) is 0 Å². The molecule has 1 aliphatic heterocycles. The van der Waals surface area contributed by atoms with Crippen LogP contribution in [0.2, 0.25) is 0 Å². The Kier molecular flexibility index (Phi) is 8.15. The van der Waals surface area contributed by atoms with Crippen molar-refractivity contribution in [2.75, 3.05) is 13.2 Å². The van der Waals surface area contributed by atoms with Gasteiger partial charge < -0.3 is 9.47 Å². The predicted octanol–water partition coefficient (Wildman–Crippen LogP) is 5.03. The van der Waals surface area contributed by atoms with Gasteiger partial charge in [0, 0.05) is 19.5 Å². The van der Waals surface area contributed by atoms with E-state index in [1.807, 2.05) is 58.2 Å². The van der Waals surface area contributed by atoms with E-state index in [0.29, 0.717) is 18.8 Å². The molecule has 216 valence electrons. The summed E-state index contributed by atoms with van der Waals surface area (Å²) >= 11 is 0. The van der Waals surface area contributed by atoms with E-state index >= 15 is 0 Å². The number of carbonyl (C=O) groups excluding carboxylic acids is 1. The van der Waals surface area contributed by atoms with Gasteiger partial charge in [-0.15, -0.1) is 5.10 Å². The van der Waals surface area contributed by atoms with Crippen molar-refractivity contribution >= 4 is 27.0 Å². The molecule has 41 heavy (non-hydrogen) atoms. The van der Waals surface area contributed by atoms with Crippen molar-refractivity contribution in [2.45, 2.75) is 64.0 Å². The smallest absolute Gasteiger partial charge is 0.306 e. The Morgan fingerprint density at radius 3 is 2.66 bits per heavy atom. The number of nitrogens with zero attached hydrogens (tertiary/aromatic N) is 4. The molecular weight excluding hydrogens is 540 g/mol. The summed E-state index contributed by atoms with van der Waals surface area (Å²) in [6.07, 6.45) is 0.546. The SMILES string of the molecule is CCOC(=O)CC(c1ccc(C)c(CN2C[C@@H](CC)Oc3ccccc3S2(=O)=O)c1)c1ccc2c(nnn2C)c1C.